The molecule has 0 aromatic heterocycles. The van der Waals surface area contributed by atoms with Crippen molar-refractivity contribution in [3.63, 3.8) is 0 Å². The number of amides is 2. The van der Waals surface area contributed by atoms with Gasteiger partial charge in [-0.1, -0.05) is 13.8 Å². The Hall–Kier alpha value is -1.18. The highest BCUT2D eigenvalue weighted by atomic mass is 16.5. The molecule has 0 aromatic carbocycles. The van der Waals surface area contributed by atoms with Gasteiger partial charge < -0.3 is 25.0 Å². The van der Waals surface area contributed by atoms with Crippen LogP contribution in [0.25, 0.3) is 0 Å². The molecule has 0 spiro atoms. The van der Waals surface area contributed by atoms with E-state index in [4.69, 9.17) is 15.2 Å². The number of carbonyl (C=O) groups is 2. The molecule has 0 saturated carbocycles. The molecule has 0 bridgehead atoms. The second kappa shape index (κ2) is 10.7. The molecule has 0 aliphatic carbocycles. The van der Waals surface area contributed by atoms with Gasteiger partial charge in [0.15, 0.2) is 0 Å². The molecule has 4 unspecified atom stereocenters. The lowest BCUT2D eigenvalue weighted by atomic mass is 10.0. The lowest BCUT2D eigenvalue weighted by molar-refractivity contribution is -0.142. The summed E-state index contributed by atoms with van der Waals surface area (Å²) in [6, 6.07) is -0.0427. The van der Waals surface area contributed by atoms with Crippen LogP contribution >= 0.6 is 0 Å². The molecule has 4 atom stereocenters. The highest BCUT2D eigenvalue weighted by Crippen LogP contribution is 2.25. The van der Waals surface area contributed by atoms with Crippen LogP contribution in [0.5, 0.6) is 0 Å². The standard InChI is InChI=1S/C18H35N3O4/c1-6-13(20(3)18(23)12-19)16(25-5)11-17(22)21-10-8-9-14(21)15(7-2)24-4/h13-16H,6-12,19H2,1-5H3. The Kier molecular flexibility index (Phi) is 9.38. The van der Waals surface area contributed by atoms with Crippen LogP contribution in [0.15, 0.2) is 0 Å². The summed E-state index contributed by atoms with van der Waals surface area (Å²) in [5, 5.41) is 0. The van der Waals surface area contributed by atoms with Crippen molar-refractivity contribution in [3.8, 4) is 0 Å². The summed E-state index contributed by atoms with van der Waals surface area (Å²) in [6.45, 7) is 4.78. The molecule has 1 heterocycles. The number of nitrogens with zero attached hydrogens (tertiary/aromatic N) is 2. The molecule has 1 saturated heterocycles. The van der Waals surface area contributed by atoms with Crippen molar-refractivity contribution in [2.24, 2.45) is 5.73 Å². The predicted octanol–water partition coefficient (Wildman–Crippen LogP) is 1.00. The Bertz CT molecular complexity index is 429. The Morgan fingerprint density at radius 3 is 2.40 bits per heavy atom. The quantitative estimate of drug-likeness (QED) is 0.630. The zero-order valence-corrected chi connectivity index (χ0v) is 16.4. The lowest BCUT2D eigenvalue weighted by Crippen LogP contribution is -2.50. The van der Waals surface area contributed by atoms with Crippen LogP contribution in [0.2, 0.25) is 0 Å². The van der Waals surface area contributed by atoms with Crippen molar-refractivity contribution < 1.29 is 19.1 Å². The second-order valence-corrected chi connectivity index (χ2v) is 6.64. The van der Waals surface area contributed by atoms with Crippen LogP contribution < -0.4 is 5.73 Å². The van der Waals surface area contributed by atoms with Crippen LogP contribution in [0, 0.1) is 0 Å². The van der Waals surface area contributed by atoms with Crippen LogP contribution in [0.3, 0.4) is 0 Å². The normalized spacial score (nSPS) is 21.0. The number of ether oxygens (including phenoxy) is 2. The minimum Gasteiger partial charge on any atom is -0.379 e. The lowest BCUT2D eigenvalue weighted by Gasteiger charge is -2.35. The van der Waals surface area contributed by atoms with Gasteiger partial charge >= 0.3 is 0 Å². The fourth-order valence-corrected chi connectivity index (χ4v) is 3.87. The maximum Gasteiger partial charge on any atom is 0.236 e. The minimum absolute atomic E-state index is 0.0440. The van der Waals surface area contributed by atoms with E-state index in [1.165, 1.54) is 0 Å². The maximum atomic E-state index is 12.9. The summed E-state index contributed by atoms with van der Waals surface area (Å²) in [4.78, 5) is 28.4. The van der Waals surface area contributed by atoms with Gasteiger partial charge in [0.05, 0.1) is 37.3 Å². The number of rotatable bonds is 10. The summed E-state index contributed by atoms with van der Waals surface area (Å²) in [5.74, 6) is -0.0808. The van der Waals surface area contributed by atoms with Crippen LogP contribution in [0.4, 0.5) is 0 Å². The maximum absolute atomic E-state index is 12.9. The summed E-state index contributed by atoms with van der Waals surface area (Å²) in [6.07, 6.45) is 3.53. The predicted molar refractivity (Wildman–Crippen MR) is 97.1 cm³/mol. The molecular formula is C18H35N3O4. The van der Waals surface area contributed by atoms with Gasteiger partial charge in [0, 0.05) is 27.8 Å². The van der Waals surface area contributed by atoms with Crippen molar-refractivity contribution in [1.82, 2.24) is 9.80 Å². The van der Waals surface area contributed by atoms with Gasteiger partial charge in [-0.05, 0) is 25.7 Å². The van der Waals surface area contributed by atoms with Gasteiger partial charge in [-0.15, -0.1) is 0 Å². The van der Waals surface area contributed by atoms with E-state index < -0.39 is 0 Å². The highest BCUT2D eigenvalue weighted by molar-refractivity contribution is 5.79. The van der Waals surface area contributed by atoms with E-state index in [0.29, 0.717) is 6.42 Å². The Labute approximate surface area is 151 Å². The average Bonchev–Trinajstić information content (AvgIpc) is 3.11. The third-order valence-corrected chi connectivity index (χ3v) is 5.35. The summed E-state index contributed by atoms with van der Waals surface area (Å²) in [5.41, 5.74) is 5.47. The van der Waals surface area contributed by atoms with Crippen molar-refractivity contribution in [2.75, 3.05) is 34.4 Å². The summed E-state index contributed by atoms with van der Waals surface area (Å²) < 4.78 is 11.1. The van der Waals surface area contributed by atoms with E-state index in [-0.39, 0.29) is 49.1 Å². The third-order valence-electron chi connectivity index (χ3n) is 5.35. The van der Waals surface area contributed by atoms with Crippen LogP contribution in [0.1, 0.15) is 46.0 Å². The molecule has 146 valence electrons. The van der Waals surface area contributed by atoms with Gasteiger partial charge in [-0.2, -0.15) is 0 Å². The van der Waals surface area contributed by atoms with E-state index >= 15 is 0 Å². The molecule has 1 aliphatic rings. The molecule has 1 rings (SSSR count). The van der Waals surface area contributed by atoms with Gasteiger partial charge in [0.2, 0.25) is 11.8 Å². The number of methoxy groups -OCH3 is 2. The van der Waals surface area contributed by atoms with Gasteiger partial charge in [-0.25, -0.2) is 0 Å². The van der Waals surface area contributed by atoms with Crippen molar-refractivity contribution in [1.29, 1.82) is 0 Å². The van der Waals surface area contributed by atoms with Gasteiger partial charge in [0.1, 0.15) is 0 Å². The Balaban J connectivity index is 2.81. The molecule has 2 amide bonds. The smallest absolute Gasteiger partial charge is 0.236 e. The first-order valence-corrected chi connectivity index (χ1v) is 9.25. The van der Waals surface area contributed by atoms with E-state index in [2.05, 4.69) is 6.92 Å². The monoisotopic (exact) mass is 357 g/mol. The Morgan fingerprint density at radius 2 is 1.92 bits per heavy atom. The number of likely N-dealkylation sites (N-methyl/N-ethyl adjacent to an activating group) is 1. The Morgan fingerprint density at radius 1 is 1.24 bits per heavy atom. The summed E-state index contributed by atoms with van der Waals surface area (Å²) >= 11 is 0. The first-order valence-electron chi connectivity index (χ1n) is 9.25. The average molecular weight is 357 g/mol. The minimum atomic E-state index is -0.345. The topological polar surface area (TPSA) is 85.1 Å². The van der Waals surface area contributed by atoms with Gasteiger partial charge in [-0.3, -0.25) is 9.59 Å². The number of likely N-dealkylation sites (tertiary alicyclic amines) is 1. The zero-order chi connectivity index (χ0) is 19.0. The number of nitrogens with two attached hydrogens (primary N) is 1. The number of hydrogen-bond acceptors (Lipinski definition) is 5. The molecule has 7 heteroatoms. The van der Waals surface area contributed by atoms with Gasteiger partial charge in [0.25, 0.3) is 0 Å². The largest absolute Gasteiger partial charge is 0.379 e. The molecule has 25 heavy (non-hydrogen) atoms. The fourth-order valence-electron chi connectivity index (χ4n) is 3.87. The molecule has 0 aromatic rings. The molecule has 2 N–H and O–H groups in total. The number of carbonyl (C=O) groups excluding carboxylic acids is 2. The van der Waals surface area contributed by atoms with E-state index in [1.807, 2.05) is 11.8 Å². The molecular weight excluding hydrogens is 322 g/mol. The van der Waals surface area contributed by atoms with Crippen LogP contribution in [-0.2, 0) is 19.1 Å². The third kappa shape index (κ3) is 5.39. The highest BCUT2D eigenvalue weighted by Gasteiger charge is 2.36. The molecule has 7 nitrogen and oxygen atoms in total. The second-order valence-electron chi connectivity index (χ2n) is 6.64. The molecule has 0 radical (unpaired) electrons. The molecule has 1 fully saturated rings. The van der Waals surface area contributed by atoms with Crippen molar-refractivity contribution in [2.45, 2.75) is 70.2 Å². The molecule has 1 aliphatic heterocycles. The van der Waals surface area contributed by atoms with Crippen molar-refractivity contribution in [3.05, 3.63) is 0 Å². The van der Waals surface area contributed by atoms with E-state index in [0.717, 1.165) is 25.8 Å². The fraction of sp³-hybridized carbons (Fsp3) is 0.889. The van der Waals surface area contributed by atoms with Crippen molar-refractivity contribution >= 4 is 11.8 Å². The van der Waals surface area contributed by atoms with Crippen LogP contribution in [-0.4, -0.2) is 80.3 Å². The first-order chi connectivity index (χ1) is 11.9. The first kappa shape index (κ1) is 21.9. The van der Waals surface area contributed by atoms with E-state index in [1.54, 1.807) is 26.2 Å². The van der Waals surface area contributed by atoms with E-state index in [9.17, 15) is 9.59 Å². The zero-order valence-electron chi connectivity index (χ0n) is 16.4. The number of hydrogen-bond donors (Lipinski definition) is 1. The SMILES string of the molecule is CCC(OC)C1CCCN1C(=O)CC(OC)C(CC)N(C)C(=O)CN. The summed E-state index contributed by atoms with van der Waals surface area (Å²) in [7, 11) is 5.01.